The lowest BCUT2D eigenvalue weighted by atomic mass is 10.4. The first-order valence-corrected chi connectivity index (χ1v) is 3.67. The van der Waals surface area contributed by atoms with Crippen LogP contribution >= 0.6 is 0 Å². The minimum absolute atomic E-state index is 0.215. The molecule has 1 aliphatic rings. The molecule has 1 aromatic rings. The van der Waals surface area contributed by atoms with Crippen molar-refractivity contribution in [3.63, 3.8) is 0 Å². The van der Waals surface area contributed by atoms with Crippen molar-refractivity contribution in [3.8, 4) is 6.01 Å². The largest absolute Gasteiger partial charge is 0.465 e. The summed E-state index contributed by atoms with van der Waals surface area (Å²) < 4.78 is 19.2. The fourth-order valence-electron chi connectivity index (χ4n) is 1.13. The van der Waals surface area contributed by atoms with Crippen molar-refractivity contribution >= 4 is 0 Å². The second-order valence-electron chi connectivity index (χ2n) is 2.57. The van der Waals surface area contributed by atoms with E-state index in [9.17, 15) is 9.18 Å². The molecule has 4 nitrogen and oxygen atoms in total. The van der Waals surface area contributed by atoms with Gasteiger partial charge in [-0.2, -0.15) is 9.37 Å². The molecular formula is C7H7FN2O2. The Kier molecular flexibility index (Phi) is 1.56. The summed E-state index contributed by atoms with van der Waals surface area (Å²) in [6.07, 6.45) is 1.95. The van der Waals surface area contributed by atoms with Crippen LogP contribution in [0.2, 0.25) is 0 Å². The smallest absolute Gasteiger partial charge is 0.311 e. The molecule has 0 radical (unpaired) electrons. The molecule has 64 valence electrons. The van der Waals surface area contributed by atoms with E-state index in [1.54, 1.807) is 0 Å². The summed E-state index contributed by atoms with van der Waals surface area (Å²) in [6, 6.07) is 0.215. The van der Waals surface area contributed by atoms with E-state index in [-0.39, 0.29) is 6.01 Å². The van der Waals surface area contributed by atoms with E-state index in [0.29, 0.717) is 13.2 Å². The molecule has 0 atom stereocenters. The molecule has 0 fully saturated rings. The Morgan fingerprint density at radius 3 is 3.33 bits per heavy atom. The molecule has 0 aromatic carbocycles. The van der Waals surface area contributed by atoms with E-state index in [4.69, 9.17) is 4.74 Å². The lowest BCUT2D eigenvalue weighted by molar-refractivity contribution is 0.221. The van der Waals surface area contributed by atoms with E-state index in [2.05, 4.69) is 4.98 Å². The van der Waals surface area contributed by atoms with Crippen LogP contribution in [0.15, 0.2) is 11.0 Å². The van der Waals surface area contributed by atoms with E-state index in [1.165, 1.54) is 4.57 Å². The Morgan fingerprint density at radius 1 is 1.67 bits per heavy atom. The predicted molar refractivity (Wildman–Crippen MR) is 38.6 cm³/mol. The Balaban J connectivity index is 2.56. The summed E-state index contributed by atoms with van der Waals surface area (Å²) in [5, 5.41) is 0. The Bertz CT molecular complexity index is 361. The van der Waals surface area contributed by atoms with Crippen LogP contribution in [0.3, 0.4) is 0 Å². The van der Waals surface area contributed by atoms with E-state index in [1.807, 2.05) is 0 Å². The van der Waals surface area contributed by atoms with Gasteiger partial charge in [-0.15, -0.1) is 0 Å². The van der Waals surface area contributed by atoms with Gasteiger partial charge in [-0.05, 0) is 6.42 Å². The number of aromatic nitrogens is 2. The number of halogens is 1. The highest BCUT2D eigenvalue weighted by molar-refractivity contribution is 5.02. The third kappa shape index (κ3) is 1.07. The standard InChI is InChI=1S/C7H7FN2O2/c8-5-4-10-2-1-3-12-7(10)9-6(5)11/h4H,1-3H2. The van der Waals surface area contributed by atoms with Crippen LogP contribution in [0, 0.1) is 5.82 Å². The van der Waals surface area contributed by atoms with Crippen molar-refractivity contribution in [1.29, 1.82) is 0 Å². The zero-order chi connectivity index (χ0) is 8.55. The van der Waals surface area contributed by atoms with Crippen molar-refractivity contribution in [3.05, 3.63) is 22.4 Å². The van der Waals surface area contributed by atoms with Gasteiger partial charge in [-0.3, -0.25) is 9.36 Å². The summed E-state index contributed by atoms with van der Waals surface area (Å²) in [7, 11) is 0. The minimum Gasteiger partial charge on any atom is -0.465 e. The summed E-state index contributed by atoms with van der Waals surface area (Å²) in [6.45, 7) is 1.19. The van der Waals surface area contributed by atoms with Crippen LogP contribution in [0.25, 0.3) is 0 Å². The first kappa shape index (κ1) is 7.27. The zero-order valence-corrected chi connectivity index (χ0v) is 6.29. The minimum atomic E-state index is -0.858. The molecule has 1 aromatic heterocycles. The van der Waals surface area contributed by atoms with E-state index in [0.717, 1.165) is 12.6 Å². The molecular weight excluding hydrogens is 163 g/mol. The van der Waals surface area contributed by atoms with Crippen molar-refractivity contribution < 1.29 is 9.13 Å². The first-order valence-electron chi connectivity index (χ1n) is 3.67. The molecule has 5 heteroatoms. The van der Waals surface area contributed by atoms with Crippen LogP contribution < -0.4 is 10.3 Å². The maximum absolute atomic E-state index is 12.7. The van der Waals surface area contributed by atoms with Gasteiger partial charge in [0.05, 0.1) is 12.8 Å². The average molecular weight is 170 g/mol. The molecule has 0 N–H and O–H groups in total. The van der Waals surface area contributed by atoms with Crippen LogP contribution in [-0.4, -0.2) is 16.2 Å². The summed E-state index contributed by atoms with van der Waals surface area (Å²) in [5.74, 6) is -0.829. The molecule has 2 heterocycles. The van der Waals surface area contributed by atoms with Crippen molar-refractivity contribution in [2.24, 2.45) is 0 Å². The van der Waals surface area contributed by atoms with E-state index < -0.39 is 11.4 Å². The molecule has 0 unspecified atom stereocenters. The van der Waals surface area contributed by atoms with Crippen molar-refractivity contribution in [2.45, 2.75) is 13.0 Å². The summed E-state index contributed by atoms with van der Waals surface area (Å²) in [4.78, 5) is 14.1. The number of hydrogen-bond acceptors (Lipinski definition) is 3. The van der Waals surface area contributed by atoms with Gasteiger partial charge in [-0.1, -0.05) is 0 Å². The lowest BCUT2D eigenvalue weighted by Gasteiger charge is -2.17. The van der Waals surface area contributed by atoms with Gasteiger partial charge in [0.2, 0.25) is 5.82 Å². The second-order valence-corrected chi connectivity index (χ2v) is 2.57. The monoisotopic (exact) mass is 170 g/mol. The number of aryl methyl sites for hydroxylation is 1. The highest BCUT2D eigenvalue weighted by atomic mass is 19.1. The molecule has 0 saturated carbocycles. The van der Waals surface area contributed by atoms with Gasteiger partial charge >= 0.3 is 5.56 Å². The van der Waals surface area contributed by atoms with Crippen molar-refractivity contribution in [2.75, 3.05) is 6.61 Å². The molecule has 12 heavy (non-hydrogen) atoms. The first-order chi connectivity index (χ1) is 5.77. The molecule has 0 spiro atoms. The maximum atomic E-state index is 12.7. The zero-order valence-electron chi connectivity index (χ0n) is 6.29. The molecule has 2 rings (SSSR count). The van der Waals surface area contributed by atoms with E-state index >= 15 is 0 Å². The molecule has 0 bridgehead atoms. The molecule has 0 saturated heterocycles. The van der Waals surface area contributed by atoms with Gasteiger partial charge in [0.25, 0.3) is 6.01 Å². The summed E-state index contributed by atoms with van der Waals surface area (Å²) in [5.41, 5.74) is -0.858. The van der Waals surface area contributed by atoms with Gasteiger partial charge < -0.3 is 4.74 Å². The number of ether oxygens (including phenoxy) is 1. The lowest BCUT2D eigenvalue weighted by Crippen LogP contribution is -2.23. The van der Waals surface area contributed by atoms with Crippen molar-refractivity contribution in [1.82, 2.24) is 9.55 Å². The van der Waals surface area contributed by atoms with Crippen LogP contribution in [-0.2, 0) is 6.54 Å². The second kappa shape index (κ2) is 2.58. The number of rotatable bonds is 0. The molecule has 0 amide bonds. The van der Waals surface area contributed by atoms with Crippen LogP contribution in [0.1, 0.15) is 6.42 Å². The quantitative estimate of drug-likeness (QED) is 0.557. The SMILES string of the molecule is O=c1nc2n(cc1F)CCCO2. The third-order valence-electron chi connectivity index (χ3n) is 1.69. The van der Waals surface area contributed by atoms with Crippen LogP contribution in [0.4, 0.5) is 4.39 Å². The number of fused-ring (bicyclic) bond motifs is 1. The summed E-state index contributed by atoms with van der Waals surface area (Å²) >= 11 is 0. The van der Waals surface area contributed by atoms with Gasteiger partial charge in [0.15, 0.2) is 0 Å². The Hall–Kier alpha value is -1.39. The molecule has 1 aliphatic heterocycles. The fraction of sp³-hybridized carbons (Fsp3) is 0.429. The topological polar surface area (TPSA) is 44.1 Å². The average Bonchev–Trinajstić information content (AvgIpc) is 2.07. The number of nitrogens with zero attached hydrogens (tertiary/aromatic N) is 2. The fourth-order valence-corrected chi connectivity index (χ4v) is 1.13. The molecule has 0 aliphatic carbocycles. The third-order valence-corrected chi connectivity index (χ3v) is 1.69. The van der Waals surface area contributed by atoms with Gasteiger partial charge in [0, 0.05) is 6.54 Å². The number of hydrogen-bond donors (Lipinski definition) is 0. The predicted octanol–water partition coefficient (Wildman–Crippen LogP) is 0.165. The Morgan fingerprint density at radius 2 is 2.50 bits per heavy atom. The van der Waals surface area contributed by atoms with Crippen LogP contribution in [0.5, 0.6) is 6.01 Å². The maximum Gasteiger partial charge on any atom is 0.311 e. The van der Waals surface area contributed by atoms with Gasteiger partial charge in [-0.25, -0.2) is 0 Å². The highest BCUT2D eigenvalue weighted by Gasteiger charge is 2.12. The normalized spacial score (nSPS) is 15.1. The van der Waals surface area contributed by atoms with Gasteiger partial charge in [0.1, 0.15) is 0 Å². The highest BCUT2D eigenvalue weighted by Crippen LogP contribution is 2.11. The Labute approximate surface area is 67.6 Å².